The number of carboxylic acid groups (broad SMARTS) is 1. The lowest BCUT2D eigenvalue weighted by Gasteiger charge is -2.31. The molecule has 14 heteroatoms. The number of carbonyl (C=O) groups excluding carboxylic acids is 1. The fourth-order valence-corrected chi connectivity index (χ4v) is 3.98. The van der Waals surface area contributed by atoms with Crippen molar-refractivity contribution in [3.8, 4) is 11.5 Å². The van der Waals surface area contributed by atoms with Gasteiger partial charge < -0.3 is 20.5 Å². The third-order valence-corrected chi connectivity index (χ3v) is 5.60. The SMILES string of the molecule is O=C(O)C(F)(F)F.O=C1CNCC2=C1C(c1cccc(Oc3ccc(C(F)(F)F)cc3)c1)c1c[nH]nc1N2. The molecular weight excluding hydrogens is 522 g/mol. The number of benzene rings is 2. The first-order valence-corrected chi connectivity index (χ1v) is 10.9. The molecule has 1 atom stereocenters. The number of hydrogen-bond acceptors (Lipinski definition) is 6. The number of rotatable bonds is 3. The summed E-state index contributed by atoms with van der Waals surface area (Å²) in [6.45, 7) is 0.789. The van der Waals surface area contributed by atoms with Crippen molar-refractivity contribution in [1.82, 2.24) is 15.5 Å². The van der Waals surface area contributed by atoms with E-state index in [0.29, 0.717) is 23.7 Å². The highest BCUT2D eigenvalue weighted by molar-refractivity contribution is 6.02. The summed E-state index contributed by atoms with van der Waals surface area (Å²) in [7, 11) is 0. The molecule has 38 heavy (non-hydrogen) atoms. The number of nitrogens with one attached hydrogen (secondary N) is 3. The lowest BCUT2D eigenvalue weighted by atomic mass is 9.79. The van der Waals surface area contributed by atoms with Crippen LogP contribution in [0.2, 0.25) is 0 Å². The number of nitrogens with zero attached hydrogens (tertiary/aromatic N) is 1. The second-order valence-electron chi connectivity index (χ2n) is 8.17. The van der Waals surface area contributed by atoms with E-state index in [2.05, 4.69) is 20.8 Å². The van der Waals surface area contributed by atoms with Crippen LogP contribution in [0.15, 0.2) is 66.0 Å². The van der Waals surface area contributed by atoms with Gasteiger partial charge in [0, 0.05) is 35.5 Å². The van der Waals surface area contributed by atoms with E-state index >= 15 is 0 Å². The lowest BCUT2D eigenvalue weighted by molar-refractivity contribution is -0.192. The van der Waals surface area contributed by atoms with Gasteiger partial charge in [-0.15, -0.1) is 0 Å². The number of H-pyrrole nitrogens is 1. The monoisotopic (exact) mass is 540 g/mol. The fraction of sp³-hybridized carbons (Fsp3) is 0.208. The molecule has 0 amide bonds. The Kier molecular flexibility index (Phi) is 7.18. The zero-order valence-electron chi connectivity index (χ0n) is 19.1. The van der Waals surface area contributed by atoms with Crippen LogP contribution in [-0.4, -0.2) is 46.3 Å². The van der Waals surface area contributed by atoms with E-state index in [1.165, 1.54) is 12.1 Å². The Morgan fingerprint density at radius 1 is 1.00 bits per heavy atom. The van der Waals surface area contributed by atoms with Crippen LogP contribution in [0.1, 0.15) is 22.6 Å². The highest BCUT2D eigenvalue weighted by Gasteiger charge is 2.38. The van der Waals surface area contributed by atoms with Crippen molar-refractivity contribution in [3.63, 3.8) is 0 Å². The Hall–Kier alpha value is -4.33. The fourth-order valence-electron chi connectivity index (χ4n) is 3.98. The third kappa shape index (κ3) is 5.80. The third-order valence-electron chi connectivity index (χ3n) is 5.60. The lowest BCUT2D eigenvalue weighted by Crippen LogP contribution is -2.39. The van der Waals surface area contributed by atoms with E-state index in [0.717, 1.165) is 29.0 Å². The maximum Gasteiger partial charge on any atom is 0.490 e. The number of carboxylic acids is 1. The average molecular weight is 540 g/mol. The van der Waals surface area contributed by atoms with Gasteiger partial charge >= 0.3 is 18.3 Å². The van der Waals surface area contributed by atoms with Crippen molar-refractivity contribution in [2.75, 3.05) is 18.4 Å². The molecular formula is C24H18F6N4O4. The number of Topliss-reactive ketones (excluding diaryl/α,β-unsaturated/α-hetero) is 1. The topological polar surface area (TPSA) is 116 Å². The number of fused-ring (bicyclic) bond motifs is 1. The minimum absolute atomic E-state index is 0.000314. The predicted molar refractivity (Wildman–Crippen MR) is 121 cm³/mol. The molecule has 4 N–H and O–H groups in total. The van der Waals surface area contributed by atoms with Crippen LogP contribution in [0, 0.1) is 0 Å². The molecule has 0 spiro atoms. The van der Waals surface area contributed by atoms with Crippen LogP contribution in [0.3, 0.4) is 0 Å². The summed E-state index contributed by atoms with van der Waals surface area (Å²) in [6.07, 6.45) is -7.72. The number of aromatic amines is 1. The Bertz CT molecular complexity index is 1380. The van der Waals surface area contributed by atoms with Gasteiger partial charge in [0.15, 0.2) is 11.6 Å². The summed E-state index contributed by atoms with van der Waals surface area (Å²) < 4.78 is 75.9. The zero-order chi connectivity index (χ0) is 27.7. The molecule has 0 aliphatic carbocycles. The highest BCUT2D eigenvalue weighted by Crippen LogP contribution is 2.42. The Labute approximate surface area is 210 Å². The van der Waals surface area contributed by atoms with Gasteiger partial charge in [-0.1, -0.05) is 12.1 Å². The summed E-state index contributed by atoms with van der Waals surface area (Å²) in [4.78, 5) is 21.6. The summed E-state index contributed by atoms with van der Waals surface area (Å²) in [5, 5.41) is 20.5. The van der Waals surface area contributed by atoms with Crippen molar-refractivity contribution in [2.24, 2.45) is 0 Å². The minimum Gasteiger partial charge on any atom is -0.475 e. The molecule has 0 saturated carbocycles. The molecule has 3 heterocycles. The number of carbonyl (C=O) groups is 2. The molecule has 1 aromatic heterocycles. The van der Waals surface area contributed by atoms with Crippen LogP contribution in [0.4, 0.5) is 32.2 Å². The maximum absolute atomic E-state index is 12.8. The summed E-state index contributed by atoms with van der Waals surface area (Å²) in [6, 6.07) is 11.7. The van der Waals surface area contributed by atoms with Crippen LogP contribution in [-0.2, 0) is 15.8 Å². The van der Waals surface area contributed by atoms with E-state index in [-0.39, 0.29) is 24.0 Å². The van der Waals surface area contributed by atoms with Crippen LogP contribution >= 0.6 is 0 Å². The molecule has 2 aliphatic heterocycles. The van der Waals surface area contributed by atoms with Crippen LogP contribution < -0.4 is 15.4 Å². The van der Waals surface area contributed by atoms with Gasteiger partial charge in [0.1, 0.15) is 11.5 Å². The van der Waals surface area contributed by atoms with Crippen molar-refractivity contribution < 1.29 is 45.8 Å². The van der Waals surface area contributed by atoms with Gasteiger partial charge in [-0.3, -0.25) is 9.89 Å². The molecule has 1 unspecified atom stereocenters. The number of aliphatic carboxylic acids is 1. The van der Waals surface area contributed by atoms with Gasteiger partial charge in [0.25, 0.3) is 0 Å². The van der Waals surface area contributed by atoms with E-state index in [1.54, 1.807) is 24.4 Å². The second kappa shape index (κ2) is 10.2. The summed E-state index contributed by atoms with van der Waals surface area (Å²) in [5.74, 6) is -1.67. The molecule has 3 aromatic rings. The molecule has 8 nitrogen and oxygen atoms in total. The minimum atomic E-state index is -5.08. The number of halogens is 6. The quantitative estimate of drug-likeness (QED) is 0.352. The summed E-state index contributed by atoms with van der Waals surface area (Å²) in [5.41, 5.74) is 2.41. The molecule has 0 fully saturated rings. The number of ketones is 1. The first-order valence-electron chi connectivity index (χ1n) is 10.9. The maximum atomic E-state index is 12.8. The number of aromatic nitrogens is 2. The van der Waals surface area contributed by atoms with Gasteiger partial charge in [0.05, 0.1) is 12.1 Å². The van der Waals surface area contributed by atoms with Crippen molar-refractivity contribution in [1.29, 1.82) is 0 Å². The number of alkyl halides is 6. The molecule has 2 aliphatic rings. The van der Waals surface area contributed by atoms with E-state index in [9.17, 15) is 31.1 Å². The van der Waals surface area contributed by atoms with E-state index in [1.807, 2.05) is 6.07 Å². The van der Waals surface area contributed by atoms with Gasteiger partial charge in [-0.2, -0.15) is 31.4 Å². The average Bonchev–Trinajstić information content (AvgIpc) is 3.31. The second-order valence-corrected chi connectivity index (χ2v) is 8.17. The van der Waals surface area contributed by atoms with Gasteiger partial charge in [-0.25, -0.2) is 4.79 Å². The van der Waals surface area contributed by atoms with Gasteiger partial charge in [-0.05, 0) is 42.0 Å². The summed E-state index contributed by atoms with van der Waals surface area (Å²) >= 11 is 0. The Balaban J connectivity index is 0.000000426. The largest absolute Gasteiger partial charge is 0.490 e. The molecule has 200 valence electrons. The van der Waals surface area contributed by atoms with Crippen molar-refractivity contribution in [2.45, 2.75) is 18.3 Å². The molecule has 0 saturated heterocycles. The smallest absolute Gasteiger partial charge is 0.475 e. The Morgan fingerprint density at radius 2 is 1.68 bits per heavy atom. The Morgan fingerprint density at radius 3 is 2.32 bits per heavy atom. The first-order chi connectivity index (χ1) is 17.8. The molecule has 0 bridgehead atoms. The van der Waals surface area contributed by atoms with E-state index in [4.69, 9.17) is 14.6 Å². The highest BCUT2D eigenvalue weighted by atomic mass is 19.4. The van der Waals surface area contributed by atoms with Crippen LogP contribution in [0.5, 0.6) is 11.5 Å². The normalized spacial score (nSPS) is 17.0. The number of ether oxygens (including phenoxy) is 1. The predicted octanol–water partition coefficient (Wildman–Crippen LogP) is 4.84. The standard InChI is InChI=1S/C22H17F3N4O2.C2HF3O2/c23-22(24,25)13-4-6-14(7-5-13)31-15-3-1-2-12(8-15)19-16-9-27-29-21(16)28-17-10-26-11-18(30)20(17)19;3-2(4,5)1(6)7/h1-9,19,26H,10-11H2,(H2,27,28,29);(H,6,7). The molecule has 0 radical (unpaired) electrons. The number of hydrogen-bond donors (Lipinski definition) is 4. The van der Waals surface area contributed by atoms with Crippen LogP contribution in [0.25, 0.3) is 0 Å². The van der Waals surface area contributed by atoms with Gasteiger partial charge in [0.2, 0.25) is 0 Å². The van der Waals surface area contributed by atoms with Crippen molar-refractivity contribution in [3.05, 3.63) is 82.7 Å². The molecule has 2 aromatic carbocycles. The number of anilines is 1. The van der Waals surface area contributed by atoms with Crippen molar-refractivity contribution >= 4 is 17.6 Å². The molecule has 5 rings (SSSR count). The first kappa shape index (κ1) is 26.7. The zero-order valence-corrected chi connectivity index (χ0v) is 19.1. The van der Waals surface area contributed by atoms with E-state index < -0.39 is 23.9 Å².